The van der Waals surface area contributed by atoms with Crippen molar-refractivity contribution in [3.63, 3.8) is 0 Å². The van der Waals surface area contributed by atoms with E-state index in [-0.39, 0.29) is 0 Å². The fraction of sp³-hybridized carbons (Fsp3) is 0.500. The number of halogens is 1. The van der Waals surface area contributed by atoms with Gasteiger partial charge in [-0.15, -0.1) is 0 Å². The summed E-state index contributed by atoms with van der Waals surface area (Å²) in [4.78, 5) is 28.5. The number of pyridine rings is 1. The van der Waals surface area contributed by atoms with Gasteiger partial charge < -0.3 is 20.7 Å². The van der Waals surface area contributed by atoms with Crippen molar-refractivity contribution >= 4 is 33.7 Å². The van der Waals surface area contributed by atoms with Crippen LogP contribution in [0.4, 0.5) is 10.6 Å². The Labute approximate surface area is 137 Å². The van der Waals surface area contributed by atoms with Gasteiger partial charge in [0, 0.05) is 19.6 Å². The van der Waals surface area contributed by atoms with Gasteiger partial charge in [-0.05, 0) is 46.8 Å². The van der Waals surface area contributed by atoms with Gasteiger partial charge in [0.2, 0.25) is 0 Å². The number of rotatable bonds is 5. The summed E-state index contributed by atoms with van der Waals surface area (Å²) < 4.78 is 5.47. The van der Waals surface area contributed by atoms with Crippen LogP contribution in [0.3, 0.4) is 0 Å². The van der Waals surface area contributed by atoms with Crippen LogP contribution < -0.4 is 16.0 Å². The van der Waals surface area contributed by atoms with E-state index >= 15 is 0 Å². The van der Waals surface area contributed by atoms with Crippen LogP contribution in [0.2, 0.25) is 0 Å². The molecule has 0 spiro atoms. The topological polar surface area (TPSA) is 97.6 Å². The largest absolute Gasteiger partial charge is 0.439 e. The van der Waals surface area contributed by atoms with E-state index in [1.807, 2.05) is 18.2 Å². The number of alkyl carbamates (subject to hydrolysis) is 1. The summed E-state index contributed by atoms with van der Waals surface area (Å²) in [5, 5.41) is 2.66. The van der Waals surface area contributed by atoms with Gasteiger partial charge in [0.25, 0.3) is 5.91 Å². The summed E-state index contributed by atoms with van der Waals surface area (Å²) in [7, 11) is 0. The molecule has 1 aliphatic heterocycles. The fourth-order valence-electron chi connectivity index (χ4n) is 2.36. The van der Waals surface area contributed by atoms with E-state index in [1.165, 1.54) is 0 Å². The average molecular weight is 371 g/mol. The van der Waals surface area contributed by atoms with Crippen LogP contribution in [0.25, 0.3) is 0 Å². The number of hydrogen-bond acceptors (Lipinski definition) is 5. The number of nitrogens with one attached hydrogen (secondary N) is 1. The lowest BCUT2D eigenvalue weighted by atomic mass is 9.97. The van der Waals surface area contributed by atoms with Gasteiger partial charge in [0.15, 0.2) is 6.61 Å². The number of carbonyl (C=O) groups excluding carboxylic acids is 2. The Kier molecular flexibility index (Phi) is 6.00. The molecule has 1 fully saturated rings. The van der Waals surface area contributed by atoms with Gasteiger partial charge in [0.05, 0.1) is 0 Å². The molecule has 0 aliphatic carbocycles. The first-order valence-corrected chi connectivity index (χ1v) is 7.90. The smallest absolute Gasteiger partial charge is 0.407 e. The molecule has 8 heteroatoms. The molecule has 2 heterocycles. The van der Waals surface area contributed by atoms with Crippen molar-refractivity contribution in [1.82, 2.24) is 10.3 Å². The number of carbonyl (C=O) groups is 2. The second-order valence-electron chi connectivity index (χ2n) is 5.17. The third-order valence-corrected chi connectivity index (χ3v) is 3.96. The molecule has 0 saturated carbocycles. The van der Waals surface area contributed by atoms with E-state index in [0.717, 1.165) is 36.4 Å². The minimum atomic E-state index is -0.662. The lowest BCUT2D eigenvalue weighted by Gasteiger charge is -2.32. The van der Waals surface area contributed by atoms with Crippen molar-refractivity contribution in [3.8, 4) is 0 Å². The number of primary amides is 1. The Bertz CT molecular complexity index is 533. The van der Waals surface area contributed by atoms with E-state index in [0.29, 0.717) is 12.5 Å². The zero-order valence-corrected chi connectivity index (χ0v) is 13.7. The van der Waals surface area contributed by atoms with E-state index in [2.05, 4.69) is 35.9 Å². The number of nitrogens with zero attached hydrogens (tertiary/aromatic N) is 2. The second-order valence-corrected chi connectivity index (χ2v) is 5.98. The summed E-state index contributed by atoms with van der Waals surface area (Å²) >= 11 is 3.37. The standard InChI is InChI=1S/C14H19BrN4O3/c15-11-2-1-3-13(18-11)19-6-4-10(5-7-19)8-17-14(21)22-9-12(16)20/h1-3,10H,4-9H2,(H2,16,20)(H,17,21). The van der Waals surface area contributed by atoms with Gasteiger partial charge in [-0.3, -0.25) is 4.79 Å². The van der Waals surface area contributed by atoms with Crippen LogP contribution in [0.5, 0.6) is 0 Å². The van der Waals surface area contributed by atoms with Crippen molar-refractivity contribution in [2.24, 2.45) is 11.7 Å². The van der Waals surface area contributed by atoms with Crippen LogP contribution in [0, 0.1) is 5.92 Å². The Morgan fingerprint density at radius 1 is 1.41 bits per heavy atom. The van der Waals surface area contributed by atoms with Crippen molar-refractivity contribution in [1.29, 1.82) is 0 Å². The van der Waals surface area contributed by atoms with Crippen molar-refractivity contribution < 1.29 is 14.3 Å². The Hall–Kier alpha value is -1.83. The molecule has 7 nitrogen and oxygen atoms in total. The highest BCUT2D eigenvalue weighted by Crippen LogP contribution is 2.22. The molecule has 120 valence electrons. The lowest BCUT2D eigenvalue weighted by Crippen LogP contribution is -2.39. The van der Waals surface area contributed by atoms with Gasteiger partial charge in [-0.25, -0.2) is 9.78 Å². The second kappa shape index (κ2) is 7.98. The zero-order chi connectivity index (χ0) is 15.9. The van der Waals surface area contributed by atoms with Gasteiger partial charge in [0.1, 0.15) is 10.4 Å². The molecular formula is C14H19BrN4O3. The third kappa shape index (κ3) is 5.18. The first-order chi connectivity index (χ1) is 10.5. The molecule has 2 rings (SSSR count). The number of aromatic nitrogens is 1. The summed E-state index contributed by atoms with van der Waals surface area (Å²) in [6, 6.07) is 5.86. The highest BCUT2D eigenvalue weighted by molar-refractivity contribution is 9.10. The molecule has 0 radical (unpaired) electrons. The summed E-state index contributed by atoms with van der Waals surface area (Å²) in [6.07, 6.45) is 1.32. The monoisotopic (exact) mass is 370 g/mol. The van der Waals surface area contributed by atoms with Crippen molar-refractivity contribution in [3.05, 3.63) is 22.8 Å². The normalized spacial score (nSPS) is 15.4. The molecular weight excluding hydrogens is 352 g/mol. The summed E-state index contributed by atoms with van der Waals surface area (Å²) in [6.45, 7) is 1.94. The number of anilines is 1. The lowest BCUT2D eigenvalue weighted by molar-refractivity contribution is -0.120. The van der Waals surface area contributed by atoms with E-state index in [4.69, 9.17) is 5.73 Å². The van der Waals surface area contributed by atoms with Crippen LogP contribution in [-0.4, -0.2) is 43.2 Å². The number of piperidine rings is 1. The summed E-state index contributed by atoms with van der Waals surface area (Å²) in [5.74, 6) is 0.691. The highest BCUT2D eigenvalue weighted by atomic mass is 79.9. The molecule has 1 aromatic heterocycles. The first kappa shape index (κ1) is 16.5. The molecule has 0 aromatic carbocycles. The molecule has 0 atom stereocenters. The van der Waals surface area contributed by atoms with Crippen LogP contribution in [0.15, 0.2) is 22.8 Å². The number of ether oxygens (including phenoxy) is 1. The predicted molar refractivity (Wildman–Crippen MR) is 85.4 cm³/mol. The maximum absolute atomic E-state index is 11.3. The molecule has 1 aliphatic rings. The highest BCUT2D eigenvalue weighted by Gasteiger charge is 2.21. The van der Waals surface area contributed by atoms with Crippen LogP contribution in [-0.2, 0) is 9.53 Å². The van der Waals surface area contributed by atoms with Gasteiger partial charge >= 0.3 is 6.09 Å². The van der Waals surface area contributed by atoms with E-state index < -0.39 is 18.6 Å². The van der Waals surface area contributed by atoms with E-state index in [9.17, 15) is 9.59 Å². The Morgan fingerprint density at radius 3 is 2.77 bits per heavy atom. The number of hydrogen-bond donors (Lipinski definition) is 2. The predicted octanol–water partition coefficient (Wildman–Crippen LogP) is 1.27. The maximum atomic E-state index is 11.3. The number of amides is 2. The van der Waals surface area contributed by atoms with Gasteiger partial charge in [-0.2, -0.15) is 0 Å². The minimum absolute atomic E-state index is 0.390. The SMILES string of the molecule is NC(=O)COC(=O)NCC1CCN(c2cccc(Br)n2)CC1. The molecule has 0 unspecified atom stereocenters. The Morgan fingerprint density at radius 2 is 2.14 bits per heavy atom. The molecule has 3 N–H and O–H groups in total. The average Bonchev–Trinajstić information content (AvgIpc) is 2.51. The van der Waals surface area contributed by atoms with Gasteiger partial charge in [-0.1, -0.05) is 6.07 Å². The molecule has 22 heavy (non-hydrogen) atoms. The maximum Gasteiger partial charge on any atom is 0.407 e. The zero-order valence-electron chi connectivity index (χ0n) is 12.1. The van der Waals surface area contributed by atoms with Crippen molar-refractivity contribution in [2.75, 3.05) is 31.1 Å². The minimum Gasteiger partial charge on any atom is -0.439 e. The van der Waals surface area contributed by atoms with Crippen LogP contribution >= 0.6 is 15.9 Å². The quantitative estimate of drug-likeness (QED) is 0.760. The third-order valence-electron chi connectivity index (χ3n) is 3.52. The fourth-order valence-corrected chi connectivity index (χ4v) is 2.69. The first-order valence-electron chi connectivity index (χ1n) is 7.11. The Balaban J connectivity index is 1.71. The van der Waals surface area contributed by atoms with Crippen LogP contribution in [0.1, 0.15) is 12.8 Å². The summed E-state index contributed by atoms with van der Waals surface area (Å²) in [5.41, 5.74) is 4.90. The van der Waals surface area contributed by atoms with E-state index in [1.54, 1.807) is 0 Å². The molecule has 0 bridgehead atoms. The molecule has 1 aromatic rings. The number of nitrogens with two attached hydrogens (primary N) is 1. The molecule has 1 saturated heterocycles. The molecule has 2 amide bonds. The van der Waals surface area contributed by atoms with Crippen molar-refractivity contribution in [2.45, 2.75) is 12.8 Å².